The molecule has 0 bridgehead atoms. The summed E-state index contributed by atoms with van der Waals surface area (Å²) in [6, 6.07) is 3.83. The molecule has 22 heavy (non-hydrogen) atoms. The summed E-state index contributed by atoms with van der Waals surface area (Å²) >= 11 is 0. The van der Waals surface area contributed by atoms with Gasteiger partial charge in [-0.15, -0.1) is 15.3 Å². The van der Waals surface area contributed by atoms with Crippen molar-refractivity contribution in [1.29, 1.82) is 0 Å². The molecule has 2 aromatic rings. The zero-order valence-electron chi connectivity index (χ0n) is 13.4. The normalized spacial score (nSPS) is 22.5. The van der Waals surface area contributed by atoms with E-state index >= 15 is 0 Å². The van der Waals surface area contributed by atoms with Crippen LogP contribution in [0.1, 0.15) is 33.5 Å². The third-order valence-corrected chi connectivity index (χ3v) is 4.22. The minimum Gasteiger partial charge on any atom is -0.369 e. The number of aromatic nitrogens is 4. The third kappa shape index (κ3) is 2.40. The molecule has 1 fully saturated rings. The monoisotopic (exact) mass is 302 g/mol. The predicted octanol–water partition coefficient (Wildman–Crippen LogP) is 0.979. The number of fused-ring (bicyclic) bond motifs is 1. The van der Waals surface area contributed by atoms with Gasteiger partial charge in [0.15, 0.2) is 11.5 Å². The standard InChI is InChI=1S/C15H22N6O/c1-9-7-20(8-10(9)13(16)22)12-6-5-11-17-18-14(15(2,3)4)21(11)19-12/h5-6,9-10H,7-8H2,1-4H3,(H2,16,22)/t9-,10-/m1/s1. The fraction of sp³-hybridized carbons (Fsp3) is 0.600. The first kappa shape index (κ1) is 14.7. The molecule has 0 aliphatic carbocycles. The number of amides is 1. The molecule has 0 aromatic carbocycles. The molecule has 0 radical (unpaired) electrons. The zero-order chi connectivity index (χ0) is 16.1. The van der Waals surface area contributed by atoms with Crippen molar-refractivity contribution >= 4 is 17.4 Å². The van der Waals surface area contributed by atoms with Crippen molar-refractivity contribution in [2.45, 2.75) is 33.1 Å². The summed E-state index contributed by atoms with van der Waals surface area (Å²) in [7, 11) is 0. The minimum absolute atomic E-state index is 0.125. The van der Waals surface area contributed by atoms with Gasteiger partial charge in [0.25, 0.3) is 0 Å². The summed E-state index contributed by atoms with van der Waals surface area (Å²) in [6.45, 7) is 9.69. The van der Waals surface area contributed by atoms with E-state index in [-0.39, 0.29) is 23.2 Å². The van der Waals surface area contributed by atoms with Gasteiger partial charge in [-0.1, -0.05) is 27.7 Å². The van der Waals surface area contributed by atoms with Gasteiger partial charge in [-0.05, 0) is 18.1 Å². The van der Waals surface area contributed by atoms with Crippen molar-refractivity contribution in [3.05, 3.63) is 18.0 Å². The average molecular weight is 302 g/mol. The molecule has 0 saturated carbocycles. The Balaban J connectivity index is 1.97. The molecule has 2 N–H and O–H groups in total. The first-order valence-electron chi connectivity index (χ1n) is 7.54. The molecule has 3 heterocycles. The van der Waals surface area contributed by atoms with Gasteiger partial charge in [-0.3, -0.25) is 4.79 Å². The second kappa shape index (κ2) is 4.93. The summed E-state index contributed by atoms with van der Waals surface area (Å²) in [4.78, 5) is 13.6. The molecule has 7 nitrogen and oxygen atoms in total. The Bertz CT molecular complexity index is 716. The number of rotatable bonds is 2. The first-order chi connectivity index (χ1) is 10.3. The molecule has 1 aliphatic rings. The van der Waals surface area contributed by atoms with Crippen LogP contribution in [0.5, 0.6) is 0 Å². The quantitative estimate of drug-likeness (QED) is 0.893. The molecule has 3 rings (SSSR count). The Kier molecular flexibility index (Phi) is 3.30. The van der Waals surface area contributed by atoms with Gasteiger partial charge in [0.05, 0.1) is 5.92 Å². The van der Waals surface area contributed by atoms with E-state index in [0.29, 0.717) is 6.54 Å². The molecule has 118 valence electrons. The van der Waals surface area contributed by atoms with Gasteiger partial charge in [0.2, 0.25) is 5.91 Å². The maximum Gasteiger partial charge on any atom is 0.222 e. The lowest BCUT2D eigenvalue weighted by atomic mass is 9.96. The van der Waals surface area contributed by atoms with Crippen molar-refractivity contribution in [3.63, 3.8) is 0 Å². The van der Waals surface area contributed by atoms with Gasteiger partial charge in [-0.25, -0.2) is 0 Å². The highest BCUT2D eigenvalue weighted by Crippen LogP contribution is 2.27. The minimum atomic E-state index is -0.240. The third-order valence-electron chi connectivity index (χ3n) is 4.22. The highest BCUT2D eigenvalue weighted by molar-refractivity contribution is 5.78. The van der Waals surface area contributed by atoms with Gasteiger partial charge >= 0.3 is 0 Å². The van der Waals surface area contributed by atoms with Crippen molar-refractivity contribution in [2.24, 2.45) is 17.6 Å². The Labute approximate surface area is 129 Å². The highest BCUT2D eigenvalue weighted by Gasteiger charge is 2.34. The van der Waals surface area contributed by atoms with Gasteiger partial charge < -0.3 is 10.6 Å². The number of hydrogen-bond acceptors (Lipinski definition) is 5. The van der Waals surface area contributed by atoms with E-state index in [1.165, 1.54) is 0 Å². The number of carbonyl (C=O) groups excluding carboxylic acids is 1. The molecular formula is C15H22N6O. The number of nitrogens with two attached hydrogens (primary N) is 1. The molecule has 1 aliphatic heterocycles. The fourth-order valence-corrected chi connectivity index (χ4v) is 2.94. The Morgan fingerprint density at radius 3 is 2.59 bits per heavy atom. The average Bonchev–Trinajstić information content (AvgIpc) is 3.00. The Morgan fingerprint density at radius 2 is 2.00 bits per heavy atom. The van der Waals surface area contributed by atoms with E-state index in [0.717, 1.165) is 23.8 Å². The highest BCUT2D eigenvalue weighted by atomic mass is 16.1. The summed E-state index contributed by atoms with van der Waals surface area (Å²) in [6.07, 6.45) is 0. The number of nitrogens with zero attached hydrogens (tertiary/aromatic N) is 5. The summed E-state index contributed by atoms with van der Waals surface area (Å²) < 4.78 is 1.79. The maximum atomic E-state index is 11.5. The van der Waals surface area contributed by atoms with Crippen LogP contribution in [-0.2, 0) is 10.2 Å². The van der Waals surface area contributed by atoms with Crippen LogP contribution in [0.15, 0.2) is 12.1 Å². The van der Waals surface area contributed by atoms with E-state index in [1.807, 2.05) is 19.1 Å². The number of hydrogen-bond donors (Lipinski definition) is 1. The molecule has 2 aromatic heterocycles. The second-order valence-corrected chi connectivity index (χ2v) is 7.13. The van der Waals surface area contributed by atoms with Crippen molar-refractivity contribution in [1.82, 2.24) is 19.8 Å². The van der Waals surface area contributed by atoms with Crippen LogP contribution in [0.2, 0.25) is 0 Å². The number of carbonyl (C=O) groups is 1. The zero-order valence-corrected chi connectivity index (χ0v) is 13.4. The van der Waals surface area contributed by atoms with Crippen LogP contribution >= 0.6 is 0 Å². The van der Waals surface area contributed by atoms with Crippen molar-refractivity contribution < 1.29 is 4.79 Å². The summed E-state index contributed by atoms with van der Waals surface area (Å²) in [5.74, 6) is 1.52. The molecule has 0 unspecified atom stereocenters. The van der Waals surface area contributed by atoms with E-state index in [1.54, 1.807) is 4.52 Å². The van der Waals surface area contributed by atoms with Gasteiger partial charge in [0, 0.05) is 18.5 Å². The lowest BCUT2D eigenvalue weighted by Gasteiger charge is -2.19. The van der Waals surface area contributed by atoms with Gasteiger partial charge in [0.1, 0.15) is 5.82 Å². The lowest BCUT2D eigenvalue weighted by molar-refractivity contribution is -0.122. The van der Waals surface area contributed by atoms with E-state index < -0.39 is 0 Å². The van der Waals surface area contributed by atoms with E-state index in [9.17, 15) is 4.79 Å². The van der Waals surface area contributed by atoms with Crippen LogP contribution in [0.4, 0.5) is 5.82 Å². The molecular weight excluding hydrogens is 280 g/mol. The summed E-state index contributed by atoms with van der Waals surface area (Å²) in [5.41, 5.74) is 6.06. The van der Waals surface area contributed by atoms with Crippen LogP contribution < -0.4 is 10.6 Å². The first-order valence-corrected chi connectivity index (χ1v) is 7.54. The van der Waals surface area contributed by atoms with Crippen LogP contribution in [0, 0.1) is 11.8 Å². The molecule has 1 saturated heterocycles. The topological polar surface area (TPSA) is 89.4 Å². The maximum absolute atomic E-state index is 11.5. The van der Waals surface area contributed by atoms with E-state index in [4.69, 9.17) is 5.73 Å². The number of anilines is 1. The summed E-state index contributed by atoms with van der Waals surface area (Å²) in [5, 5.41) is 13.1. The van der Waals surface area contributed by atoms with Gasteiger partial charge in [-0.2, -0.15) is 4.52 Å². The van der Waals surface area contributed by atoms with Crippen molar-refractivity contribution in [3.8, 4) is 0 Å². The SMILES string of the molecule is C[C@@H]1CN(c2ccc3nnc(C(C)(C)C)n3n2)C[C@H]1C(N)=O. The largest absolute Gasteiger partial charge is 0.369 e. The number of primary amides is 1. The lowest BCUT2D eigenvalue weighted by Crippen LogP contribution is -2.29. The van der Waals surface area contributed by atoms with Crippen LogP contribution in [-0.4, -0.2) is 38.8 Å². The van der Waals surface area contributed by atoms with Crippen molar-refractivity contribution in [2.75, 3.05) is 18.0 Å². The smallest absolute Gasteiger partial charge is 0.222 e. The molecule has 1 amide bonds. The second-order valence-electron chi connectivity index (χ2n) is 7.13. The molecule has 2 atom stereocenters. The fourth-order valence-electron chi connectivity index (χ4n) is 2.94. The van der Waals surface area contributed by atoms with Crippen LogP contribution in [0.25, 0.3) is 5.65 Å². The molecule has 0 spiro atoms. The van der Waals surface area contributed by atoms with Crippen LogP contribution in [0.3, 0.4) is 0 Å². The molecule has 7 heteroatoms. The Hall–Kier alpha value is -2.18. The van der Waals surface area contributed by atoms with E-state index in [2.05, 4.69) is 41.0 Å². The Morgan fingerprint density at radius 1 is 1.27 bits per heavy atom. The predicted molar refractivity (Wildman–Crippen MR) is 83.5 cm³/mol.